The van der Waals surface area contributed by atoms with E-state index in [1.165, 1.54) is 6.42 Å². The van der Waals surface area contributed by atoms with E-state index in [-0.39, 0.29) is 11.3 Å². The predicted molar refractivity (Wildman–Crippen MR) is 51.2 cm³/mol. The lowest BCUT2D eigenvalue weighted by Gasteiger charge is -2.33. The van der Waals surface area contributed by atoms with Crippen molar-refractivity contribution in [2.24, 2.45) is 11.1 Å². The van der Waals surface area contributed by atoms with E-state index in [2.05, 4.69) is 0 Å². The van der Waals surface area contributed by atoms with Crippen LogP contribution in [0.3, 0.4) is 0 Å². The maximum Gasteiger partial charge on any atom is 0.225 e. The highest BCUT2D eigenvalue weighted by Crippen LogP contribution is 2.36. The Morgan fingerprint density at radius 1 is 1.38 bits per heavy atom. The van der Waals surface area contributed by atoms with Crippen molar-refractivity contribution in [3.05, 3.63) is 0 Å². The molecule has 0 aromatic heterocycles. The van der Waals surface area contributed by atoms with E-state index in [4.69, 9.17) is 10.5 Å². The van der Waals surface area contributed by atoms with Crippen LogP contribution in [-0.2, 0) is 9.53 Å². The summed E-state index contributed by atoms with van der Waals surface area (Å²) in [4.78, 5) is 11.3. The van der Waals surface area contributed by atoms with Gasteiger partial charge < -0.3 is 10.5 Å². The zero-order valence-electron chi connectivity index (χ0n) is 8.34. The van der Waals surface area contributed by atoms with Crippen LogP contribution < -0.4 is 5.73 Å². The molecule has 76 valence electrons. The molecule has 3 heteroatoms. The molecule has 0 atom stereocenters. The van der Waals surface area contributed by atoms with Crippen LogP contribution in [0.2, 0.25) is 0 Å². The number of amides is 1. The maximum absolute atomic E-state index is 11.3. The van der Waals surface area contributed by atoms with Gasteiger partial charge in [0.05, 0.1) is 12.0 Å². The number of nitrogens with two attached hydrogens (primary N) is 1. The van der Waals surface area contributed by atoms with Gasteiger partial charge in [-0.2, -0.15) is 0 Å². The summed E-state index contributed by atoms with van der Waals surface area (Å²) in [5.41, 5.74) is 5.07. The minimum absolute atomic E-state index is 0.180. The summed E-state index contributed by atoms with van der Waals surface area (Å²) in [5.74, 6) is -0.180. The molecule has 13 heavy (non-hydrogen) atoms. The van der Waals surface area contributed by atoms with Crippen molar-refractivity contribution >= 4 is 5.91 Å². The first kappa shape index (κ1) is 10.5. The van der Waals surface area contributed by atoms with Gasteiger partial charge in [0.2, 0.25) is 5.91 Å². The Bertz CT molecular complexity index is 174. The van der Waals surface area contributed by atoms with E-state index in [0.717, 1.165) is 25.7 Å². The van der Waals surface area contributed by atoms with Crippen LogP contribution in [0.4, 0.5) is 0 Å². The molecule has 0 aromatic carbocycles. The fourth-order valence-electron chi connectivity index (χ4n) is 1.99. The second-order valence-electron chi connectivity index (χ2n) is 3.84. The first-order chi connectivity index (χ1) is 6.21. The van der Waals surface area contributed by atoms with Crippen molar-refractivity contribution in [3.8, 4) is 0 Å². The molecule has 1 rings (SSSR count). The largest absolute Gasteiger partial charge is 0.381 e. The lowest BCUT2D eigenvalue weighted by Crippen LogP contribution is -2.42. The van der Waals surface area contributed by atoms with E-state index < -0.39 is 0 Å². The first-order valence-corrected chi connectivity index (χ1v) is 5.09. The van der Waals surface area contributed by atoms with E-state index >= 15 is 0 Å². The van der Waals surface area contributed by atoms with Gasteiger partial charge >= 0.3 is 0 Å². The maximum atomic E-state index is 11.3. The molecule has 1 saturated carbocycles. The fraction of sp³-hybridized carbons (Fsp3) is 0.900. The van der Waals surface area contributed by atoms with Crippen LogP contribution in [0.25, 0.3) is 0 Å². The van der Waals surface area contributed by atoms with Crippen molar-refractivity contribution in [3.63, 3.8) is 0 Å². The molecular formula is C10H19NO2. The topological polar surface area (TPSA) is 52.3 Å². The zero-order chi connectivity index (χ0) is 9.73. The normalized spacial score (nSPS) is 21.3. The molecule has 3 nitrogen and oxygen atoms in total. The van der Waals surface area contributed by atoms with Gasteiger partial charge in [-0.25, -0.2) is 0 Å². The molecular weight excluding hydrogens is 166 g/mol. The van der Waals surface area contributed by atoms with Crippen LogP contribution in [-0.4, -0.2) is 19.1 Å². The highest BCUT2D eigenvalue weighted by molar-refractivity contribution is 5.81. The first-order valence-electron chi connectivity index (χ1n) is 5.09. The molecule has 1 aliphatic rings. The third-order valence-electron chi connectivity index (χ3n) is 2.92. The standard InChI is InChI=1S/C10H19NO2/c1-2-13-8-10(9(11)12)6-4-3-5-7-10/h2-8H2,1H3,(H2,11,12). The summed E-state index contributed by atoms with van der Waals surface area (Å²) in [7, 11) is 0. The van der Waals surface area contributed by atoms with Gasteiger partial charge in [0.25, 0.3) is 0 Å². The Hall–Kier alpha value is -0.570. The lowest BCUT2D eigenvalue weighted by molar-refractivity contribution is -0.133. The third-order valence-corrected chi connectivity index (χ3v) is 2.92. The summed E-state index contributed by atoms with van der Waals surface area (Å²) in [6.45, 7) is 3.12. The second-order valence-corrected chi connectivity index (χ2v) is 3.84. The number of primary amides is 1. The van der Waals surface area contributed by atoms with Gasteiger partial charge in [-0.05, 0) is 19.8 Å². The highest BCUT2D eigenvalue weighted by atomic mass is 16.5. The Morgan fingerprint density at radius 2 is 2.00 bits per heavy atom. The summed E-state index contributed by atoms with van der Waals surface area (Å²) in [6.07, 6.45) is 5.25. The van der Waals surface area contributed by atoms with Gasteiger partial charge in [-0.15, -0.1) is 0 Å². The van der Waals surface area contributed by atoms with Gasteiger partial charge in [-0.1, -0.05) is 19.3 Å². The van der Waals surface area contributed by atoms with E-state index in [1.807, 2.05) is 6.92 Å². The van der Waals surface area contributed by atoms with E-state index in [0.29, 0.717) is 13.2 Å². The van der Waals surface area contributed by atoms with Crippen molar-refractivity contribution in [2.45, 2.75) is 39.0 Å². The molecule has 0 heterocycles. The fourth-order valence-corrected chi connectivity index (χ4v) is 1.99. The molecule has 0 radical (unpaired) electrons. The summed E-state index contributed by atoms with van der Waals surface area (Å²) < 4.78 is 5.34. The Balaban J connectivity index is 2.56. The lowest BCUT2D eigenvalue weighted by atomic mass is 9.74. The average molecular weight is 185 g/mol. The summed E-state index contributed by atoms with van der Waals surface area (Å²) in [5, 5.41) is 0. The summed E-state index contributed by atoms with van der Waals surface area (Å²) in [6, 6.07) is 0. The quantitative estimate of drug-likeness (QED) is 0.720. The van der Waals surface area contributed by atoms with E-state index in [9.17, 15) is 4.79 Å². The number of carbonyl (C=O) groups is 1. The summed E-state index contributed by atoms with van der Waals surface area (Å²) >= 11 is 0. The number of ether oxygens (including phenoxy) is 1. The van der Waals surface area contributed by atoms with Crippen molar-refractivity contribution in [1.82, 2.24) is 0 Å². The zero-order valence-corrected chi connectivity index (χ0v) is 8.34. The van der Waals surface area contributed by atoms with Crippen LogP contribution in [0.15, 0.2) is 0 Å². The Labute approximate surface area is 79.6 Å². The molecule has 0 aromatic rings. The third kappa shape index (κ3) is 2.44. The van der Waals surface area contributed by atoms with Gasteiger partial charge in [-0.3, -0.25) is 4.79 Å². The van der Waals surface area contributed by atoms with Crippen molar-refractivity contribution in [1.29, 1.82) is 0 Å². The second kappa shape index (κ2) is 4.61. The van der Waals surface area contributed by atoms with Crippen LogP contribution >= 0.6 is 0 Å². The van der Waals surface area contributed by atoms with Crippen molar-refractivity contribution < 1.29 is 9.53 Å². The molecule has 2 N–H and O–H groups in total. The molecule has 0 unspecified atom stereocenters. The minimum atomic E-state index is -0.353. The van der Waals surface area contributed by atoms with Crippen LogP contribution in [0, 0.1) is 5.41 Å². The predicted octanol–water partition coefficient (Wildman–Crippen LogP) is 1.46. The average Bonchev–Trinajstić information content (AvgIpc) is 2.16. The highest BCUT2D eigenvalue weighted by Gasteiger charge is 2.37. The molecule has 1 amide bonds. The SMILES string of the molecule is CCOCC1(C(N)=O)CCCCC1. The van der Waals surface area contributed by atoms with Crippen molar-refractivity contribution in [2.75, 3.05) is 13.2 Å². The molecule has 0 spiro atoms. The number of hydrogen-bond donors (Lipinski definition) is 1. The van der Waals surface area contributed by atoms with Crippen LogP contribution in [0.1, 0.15) is 39.0 Å². The monoisotopic (exact) mass is 185 g/mol. The minimum Gasteiger partial charge on any atom is -0.381 e. The number of rotatable bonds is 4. The Kier molecular flexibility index (Phi) is 3.72. The van der Waals surface area contributed by atoms with Gasteiger partial charge in [0.15, 0.2) is 0 Å². The molecule has 1 aliphatic carbocycles. The van der Waals surface area contributed by atoms with Crippen LogP contribution in [0.5, 0.6) is 0 Å². The molecule has 0 aliphatic heterocycles. The van der Waals surface area contributed by atoms with Gasteiger partial charge in [0, 0.05) is 6.61 Å². The number of hydrogen-bond acceptors (Lipinski definition) is 2. The molecule has 1 fully saturated rings. The molecule has 0 bridgehead atoms. The smallest absolute Gasteiger partial charge is 0.225 e. The van der Waals surface area contributed by atoms with Gasteiger partial charge in [0.1, 0.15) is 0 Å². The number of carbonyl (C=O) groups excluding carboxylic acids is 1. The van der Waals surface area contributed by atoms with E-state index in [1.54, 1.807) is 0 Å². The Morgan fingerprint density at radius 3 is 2.46 bits per heavy atom. The molecule has 0 saturated heterocycles.